The van der Waals surface area contributed by atoms with Crippen molar-refractivity contribution >= 4 is 20.0 Å². The average Bonchev–Trinajstić information content (AvgIpc) is 2.51. The van der Waals surface area contributed by atoms with E-state index in [1.165, 1.54) is 10.6 Å². The van der Waals surface area contributed by atoms with Gasteiger partial charge in [0.25, 0.3) is 0 Å². The molecule has 136 valence electrons. The predicted octanol–water partition coefficient (Wildman–Crippen LogP) is 1.87. The highest BCUT2D eigenvalue weighted by molar-refractivity contribution is 7.89. The molecule has 0 amide bonds. The van der Waals surface area contributed by atoms with Crippen molar-refractivity contribution in [2.24, 2.45) is 0 Å². The number of rotatable bonds is 7. The van der Waals surface area contributed by atoms with Gasteiger partial charge in [0.2, 0.25) is 20.0 Å². The topological polar surface area (TPSA) is 83.6 Å². The zero-order chi connectivity index (χ0) is 17.8. The molecule has 0 spiro atoms. The Morgan fingerprint density at radius 3 is 2.29 bits per heavy atom. The maximum atomic E-state index is 12.4. The molecule has 0 atom stereocenters. The second-order valence-electron chi connectivity index (χ2n) is 6.33. The SMILES string of the molecule is Cc1ccccc1S(=O)(=O)NCCN(C1CCCCC1)S(C)(=O)=O. The Morgan fingerprint density at radius 1 is 1.08 bits per heavy atom. The molecule has 0 radical (unpaired) electrons. The first-order valence-electron chi connectivity index (χ1n) is 8.24. The lowest BCUT2D eigenvalue weighted by Crippen LogP contribution is -2.45. The highest BCUT2D eigenvalue weighted by atomic mass is 32.2. The molecule has 0 aromatic heterocycles. The smallest absolute Gasteiger partial charge is 0.212 e. The second-order valence-corrected chi connectivity index (χ2v) is 10.00. The van der Waals surface area contributed by atoms with Crippen LogP contribution < -0.4 is 4.72 Å². The summed E-state index contributed by atoms with van der Waals surface area (Å²) in [4.78, 5) is 0.230. The van der Waals surface area contributed by atoms with Crippen molar-refractivity contribution in [3.63, 3.8) is 0 Å². The van der Waals surface area contributed by atoms with Gasteiger partial charge in [0.15, 0.2) is 0 Å². The molecule has 0 aliphatic heterocycles. The Bertz CT molecular complexity index is 754. The van der Waals surface area contributed by atoms with Gasteiger partial charge in [-0.05, 0) is 31.4 Å². The Labute approximate surface area is 145 Å². The van der Waals surface area contributed by atoms with Crippen LogP contribution in [0.2, 0.25) is 0 Å². The third-order valence-electron chi connectivity index (χ3n) is 4.42. The minimum Gasteiger partial charge on any atom is -0.212 e. The summed E-state index contributed by atoms with van der Waals surface area (Å²) in [6.45, 7) is 1.97. The lowest BCUT2D eigenvalue weighted by atomic mass is 9.95. The number of hydrogen-bond donors (Lipinski definition) is 1. The van der Waals surface area contributed by atoms with Crippen LogP contribution in [0.25, 0.3) is 0 Å². The van der Waals surface area contributed by atoms with E-state index in [4.69, 9.17) is 0 Å². The monoisotopic (exact) mass is 374 g/mol. The number of hydrogen-bond acceptors (Lipinski definition) is 4. The van der Waals surface area contributed by atoms with Gasteiger partial charge in [0.05, 0.1) is 11.2 Å². The van der Waals surface area contributed by atoms with E-state index in [2.05, 4.69) is 4.72 Å². The van der Waals surface area contributed by atoms with Gasteiger partial charge in [-0.2, -0.15) is 4.31 Å². The van der Waals surface area contributed by atoms with Gasteiger partial charge in [-0.25, -0.2) is 21.6 Å². The Balaban J connectivity index is 2.03. The molecule has 0 bridgehead atoms. The van der Waals surface area contributed by atoms with E-state index in [1.54, 1.807) is 31.2 Å². The largest absolute Gasteiger partial charge is 0.240 e. The minimum absolute atomic E-state index is 0.0169. The Kier molecular flexibility index (Phi) is 6.41. The number of sulfonamides is 2. The molecule has 0 heterocycles. The highest BCUT2D eigenvalue weighted by Gasteiger charge is 2.28. The fourth-order valence-electron chi connectivity index (χ4n) is 3.21. The highest BCUT2D eigenvalue weighted by Crippen LogP contribution is 2.24. The van der Waals surface area contributed by atoms with Gasteiger partial charge < -0.3 is 0 Å². The van der Waals surface area contributed by atoms with E-state index in [1.807, 2.05) is 0 Å². The van der Waals surface area contributed by atoms with Crippen molar-refractivity contribution < 1.29 is 16.8 Å². The summed E-state index contributed by atoms with van der Waals surface area (Å²) in [6, 6.07) is 6.72. The maximum absolute atomic E-state index is 12.4. The first kappa shape index (κ1) is 19.4. The van der Waals surface area contributed by atoms with Crippen molar-refractivity contribution in [3.8, 4) is 0 Å². The van der Waals surface area contributed by atoms with Gasteiger partial charge in [0, 0.05) is 19.1 Å². The normalized spacial score (nSPS) is 17.3. The summed E-state index contributed by atoms with van der Waals surface area (Å²) in [7, 11) is -6.99. The first-order valence-corrected chi connectivity index (χ1v) is 11.6. The molecule has 0 unspecified atom stereocenters. The fourth-order valence-corrected chi connectivity index (χ4v) is 5.65. The molecule has 1 aromatic rings. The summed E-state index contributed by atoms with van der Waals surface area (Å²) < 4.78 is 52.9. The van der Waals surface area contributed by atoms with Gasteiger partial charge >= 0.3 is 0 Å². The van der Waals surface area contributed by atoms with Crippen molar-refractivity contribution in [3.05, 3.63) is 29.8 Å². The number of benzene rings is 1. The molecule has 0 saturated heterocycles. The van der Waals surface area contributed by atoms with Crippen LogP contribution >= 0.6 is 0 Å². The van der Waals surface area contributed by atoms with Crippen molar-refractivity contribution in [2.75, 3.05) is 19.3 Å². The van der Waals surface area contributed by atoms with E-state index >= 15 is 0 Å². The van der Waals surface area contributed by atoms with Crippen LogP contribution in [0.5, 0.6) is 0 Å². The molecule has 1 saturated carbocycles. The van der Waals surface area contributed by atoms with E-state index in [-0.39, 0.29) is 24.0 Å². The number of nitrogens with one attached hydrogen (secondary N) is 1. The number of aryl methyl sites for hydroxylation is 1. The summed E-state index contributed by atoms with van der Waals surface area (Å²) >= 11 is 0. The molecule has 1 fully saturated rings. The lowest BCUT2D eigenvalue weighted by molar-refractivity contribution is 0.257. The van der Waals surface area contributed by atoms with E-state index in [9.17, 15) is 16.8 Å². The zero-order valence-electron chi connectivity index (χ0n) is 14.2. The van der Waals surface area contributed by atoms with Crippen LogP contribution in [-0.2, 0) is 20.0 Å². The zero-order valence-corrected chi connectivity index (χ0v) is 15.9. The van der Waals surface area contributed by atoms with E-state index in [0.717, 1.165) is 32.1 Å². The third kappa shape index (κ3) is 5.02. The summed E-state index contributed by atoms with van der Waals surface area (Å²) in [6.07, 6.45) is 6.05. The molecule has 1 aromatic carbocycles. The lowest BCUT2D eigenvalue weighted by Gasteiger charge is -2.32. The molecular weight excluding hydrogens is 348 g/mol. The Morgan fingerprint density at radius 2 is 1.71 bits per heavy atom. The third-order valence-corrected chi connectivity index (χ3v) is 7.37. The minimum atomic E-state index is -3.63. The molecule has 6 nitrogen and oxygen atoms in total. The molecular formula is C16H26N2O4S2. The molecule has 2 rings (SSSR count). The van der Waals surface area contributed by atoms with Gasteiger partial charge in [-0.3, -0.25) is 0 Å². The maximum Gasteiger partial charge on any atom is 0.240 e. The molecule has 1 N–H and O–H groups in total. The first-order chi connectivity index (χ1) is 11.2. The van der Waals surface area contributed by atoms with Crippen LogP contribution in [0.15, 0.2) is 29.2 Å². The molecule has 24 heavy (non-hydrogen) atoms. The van der Waals surface area contributed by atoms with Crippen LogP contribution in [0.3, 0.4) is 0 Å². The summed E-state index contributed by atoms with van der Waals surface area (Å²) in [5.74, 6) is 0. The average molecular weight is 375 g/mol. The predicted molar refractivity (Wildman–Crippen MR) is 94.8 cm³/mol. The molecule has 1 aliphatic carbocycles. The van der Waals surface area contributed by atoms with Crippen molar-refractivity contribution in [2.45, 2.75) is 50.0 Å². The van der Waals surface area contributed by atoms with Crippen molar-refractivity contribution in [1.82, 2.24) is 9.03 Å². The van der Waals surface area contributed by atoms with Gasteiger partial charge in [-0.15, -0.1) is 0 Å². The van der Waals surface area contributed by atoms with Crippen LogP contribution in [0.1, 0.15) is 37.7 Å². The van der Waals surface area contributed by atoms with Crippen LogP contribution in [0, 0.1) is 6.92 Å². The fraction of sp³-hybridized carbons (Fsp3) is 0.625. The summed E-state index contributed by atoms with van der Waals surface area (Å²) in [5.41, 5.74) is 0.664. The van der Waals surface area contributed by atoms with Crippen molar-refractivity contribution in [1.29, 1.82) is 0 Å². The standard InChI is InChI=1S/C16H26N2O4S2/c1-14-8-6-7-11-16(14)24(21,22)17-12-13-18(23(2,19)20)15-9-4-3-5-10-15/h6-8,11,15,17H,3-5,9-10,12-13H2,1-2H3. The second kappa shape index (κ2) is 7.95. The van der Waals surface area contributed by atoms with Crippen LogP contribution in [0.4, 0.5) is 0 Å². The Hall–Kier alpha value is -0.960. The van der Waals surface area contributed by atoms with Gasteiger partial charge in [0.1, 0.15) is 0 Å². The van der Waals surface area contributed by atoms with Gasteiger partial charge in [-0.1, -0.05) is 37.5 Å². The van der Waals surface area contributed by atoms with Crippen LogP contribution in [-0.4, -0.2) is 46.5 Å². The quantitative estimate of drug-likeness (QED) is 0.790. The molecule has 1 aliphatic rings. The summed E-state index contributed by atoms with van der Waals surface area (Å²) in [5, 5.41) is 0. The van der Waals surface area contributed by atoms with E-state index < -0.39 is 20.0 Å². The van der Waals surface area contributed by atoms with E-state index in [0.29, 0.717) is 5.56 Å². The number of nitrogens with zero attached hydrogens (tertiary/aromatic N) is 1. The molecule has 8 heteroatoms.